The van der Waals surface area contributed by atoms with Gasteiger partial charge in [-0.2, -0.15) is 0 Å². The summed E-state index contributed by atoms with van der Waals surface area (Å²) in [6.07, 6.45) is 3.10. The molecule has 0 aromatic heterocycles. The number of hydrogen-bond donors (Lipinski definition) is 2. The fourth-order valence-electron chi connectivity index (χ4n) is 2.08. The zero-order valence-electron chi connectivity index (χ0n) is 11.6. The molecule has 4 heteroatoms. The third kappa shape index (κ3) is 4.18. The van der Waals surface area contributed by atoms with Crippen molar-refractivity contribution < 1.29 is 14.2 Å². The first-order valence-corrected chi connectivity index (χ1v) is 6.80. The van der Waals surface area contributed by atoms with Gasteiger partial charge in [-0.3, -0.25) is 0 Å². The molecule has 0 amide bonds. The molecule has 19 heavy (non-hydrogen) atoms. The SMILES string of the molecule is Cc1cc(F)ccc1OCCC(C)(CO)NC1CC1. The van der Waals surface area contributed by atoms with Crippen molar-refractivity contribution in [3.05, 3.63) is 29.6 Å². The van der Waals surface area contributed by atoms with Crippen LogP contribution in [0.1, 0.15) is 31.7 Å². The molecule has 0 saturated heterocycles. The predicted molar refractivity (Wildman–Crippen MR) is 72.9 cm³/mol. The van der Waals surface area contributed by atoms with E-state index in [1.54, 1.807) is 6.07 Å². The highest BCUT2D eigenvalue weighted by molar-refractivity contribution is 5.32. The first-order chi connectivity index (χ1) is 9.02. The molecular formula is C15H22FNO2. The summed E-state index contributed by atoms with van der Waals surface area (Å²) >= 11 is 0. The van der Waals surface area contributed by atoms with Gasteiger partial charge >= 0.3 is 0 Å². The molecule has 1 atom stereocenters. The third-order valence-electron chi connectivity index (χ3n) is 3.53. The maximum atomic E-state index is 13.0. The molecular weight excluding hydrogens is 245 g/mol. The number of rotatable bonds is 7. The van der Waals surface area contributed by atoms with Crippen LogP contribution in [0.25, 0.3) is 0 Å². The monoisotopic (exact) mass is 267 g/mol. The molecule has 1 saturated carbocycles. The molecule has 1 aliphatic carbocycles. The largest absolute Gasteiger partial charge is 0.493 e. The fraction of sp³-hybridized carbons (Fsp3) is 0.600. The van der Waals surface area contributed by atoms with E-state index in [0.29, 0.717) is 18.4 Å². The van der Waals surface area contributed by atoms with Gasteiger partial charge in [-0.15, -0.1) is 0 Å². The molecule has 0 radical (unpaired) electrons. The third-order valence-corrected chi connectivity index (χ3v) is 3.53. The maximum absolute atomic E-state index is 13.0. The van der Waals surface area contributed by atoms with Crippen molar-refractivity contribution in [2.24, 2.45) is 0 Å². The first-order valence-electron chi connectivity index (χ1n) is 6.80. The van der Waals surface area contributed by atoms with E-state index < -0.39 is 0 Å². The Balaban J connectivity index is 1.84. The minimum Gasteiger partial charge on any atom is -0.493 e. The second-order valence-corrected chi connectivity index (χ2v) is 5.65. The molecule has 3 nitrogen and oxygen atoms in total. The van der Waals surface area contributed by atoms with Crippen molar-refractivity contribution in [2.75, 3.05) is 13.2 Å². The molecule has 0 spiro atoms. The smallest absolute Gasteiger partial charge is 0.123 e. The van der Waals surface area contributed by atoms with E-state index >= 15 is 0 Å². The lowest BCUT2D eigenvalue weighted by atomic mass is 9.99. The normalized spacial score (nSPS) is 18.1. The van der Waals surface area contributed by atoms with Crippen LogP contribution in [0.2, 0.25) is 0 Å². The van der Waals surface area contributed by atoms with Crippen molar-refractivity contribution in [3.63, 3.8) is 0 Å². The zero-order valence-corrected chi connectivity index (χ0v) is 11.6. The summed E-state index contributed by atoms with van der Waals surface area (Å²) in [6.45, 7) is 4.43. The number of nitrogens with one attached hydrogen (secondary N) is 1. The Morgan fingerprint density at radius 2 is 2.21 bits per heavy atom. The zero-order chi connectivity index (χ0) is 13.9. The van der Waals surface area contributed by atoms with Gasteiger partial charge in [-0.05, 0) is 50.5 Å². The molecule has 1 aromatic rings. The molecule has 106 valence electrons. The van der Waals surface area contributed by atoms with E-state index in [2.05, 4.69) is 5.32 Å². The Hall–Kier alpha value is -1.13. The van der Waals surface area contributed by atoms with Crippen molar-refractivity contribution in [3.8, 4) is 5.75 Å². The van der Waals surface area contributed by atoms with E-state index in [0.717, 1.165) is 12.0 Å². The molecule has 0 heterocycles. The first kappa shape index (κ1) is 14.3. The lowest BCUT2D eigenvalue weighted by Gasteiger charge is -2.29. The molecule has 2 N–H and O–H groups in total. The minimum atomic E-state index is -0.297. The van der Waals surface area contributed by atoms with Gasteiger partial charge in [0.1, 0.15) is 11.6 Å². The van der Waals surface area contributed by atoms with E-state index in [9.17, 15) is 9.50 Å². The second-order valence-electron chi connectivity index (χ2n) is 5.65. The highest BCUT2D eigenvalue weighted by Gasteiger charge is 2.31. The predicted octanol–water partition coefficient (Wildman–Crippen LogP) is 2.41. The van der Waals surface area contributed by atoms with E-state index in [1.165, 1.54) is 25.0 Å². The number of halogens is 1. The van der Waals surface area contributed by atoms with Crippen LogP contribution in [0.5, 0.6) is 5.75 Å². The Bertz CT molecular complexity index is 434. The molecule has 1 fully saturated rings. The summed E-state index contributed by atoms with van der Waals surface area (Å²) in [7, 11) is 0. The van der Waals surface area contributed by atoms with Gasteiger partial charge in [-0.1, -0.05) is 0 Å². The van der Waals surface area contributed by atoms with Crippen molar-refractivity contribution in [1.82, 2.24) is 5.32 Å². The summed E-state index contributed by atoms with van der Waals surface area (Å²) in [5.41, 5.74) is 0.496. The standard InChI is InChI=1S/C15H22FNO2/c1-11-9-12(16)3-6-14(11)19-8-7-15(2,10-18)17-13-4-5-13/h3,6,9,13,17-18H,4-5,7-8,10H2,1-2H3. The Morgan fingerprint density at radius 1 is 1.47 bits per heavy atom. The van der Waals surface area contributed by atoms with Crippen molar-refractivity contribution in [1.29, 1.82) is 0 Å². The van der Waals surface area contributed by atoms with Crippen LogP contribution in [0.3, 0.4) is 0 Å². The number of aliphatic hydroxyl groups excluding tert-OH is 1. The van der Waals surface area contributed by atoms with Gasteiger partial charge in [-0.25, -0.2) is 4.39 Å². The average molecular weight is 267 g/mol. The highest BCUT2D eigenvalue weighted by Crippen LogP contribution is 2.24. The van der Waals surface area contributed by atoms with E-state index in [4.69, 9.17) is 4.74 Å². The van der Waals surface area contributed by atoms with Gasteiger partial charge in [0, 0.05) is 18.0 Å². The van der Waals surface area contributed by atoms with Crippen molar-refractivity contribution >= 4 is 0 Å². The summed E-state index contributed by atoms with van der Waals surface area (Å²) in [4.78, 5) is 0. The van der Waals surface area contributed by atoms with Crippen LogP contribution in [-0.4, -0.2) is 29.9 Å². The van der Waals surface area contributed by atoms with Crippen LogP contribution >= 0.6 is 0 Å². The minimum absolute atomic E-state index is 0.0925. The fourth-order valence-corrected chi connectivity index (χ4v) is 2.08. The lowest BCUT2D eigenvalue weighted by molar-refractivity contribution is 0.142. The summed E-state index contributed by atoms with van der Waals surface area (Å²) in [5, 5.41) is 12.9. The van der Waals surface area contributed by atoms with Crippen LogP contribution in [0.4, 0.5) is 4.39 Å². The van der Waals surface area contributed by atoms with Gasteiger partial charge < -0.3 is 15.2 Å². The lowest BCUT2D eigenvalue weighted by Crippen LogP contribution is -2.48. The molecule has 2 rings (SSSR count). The Morgan fingerprint density at radius 3 is 2.79 bits per heavy atom. The molecule has 1 aromatic carbocycles. The quantitative estimate of drug-likeness (QED) is 0.797. The molecule has 1 aliphatic rings. The molecule has 0 bridgehead atoms. The number of hydrogen-bond acceptors (Lipinski definition) is 3. The molecule has 1 unspecified atom stereocenters. The average Bonchev–Trinajstić information content (AvgIpc) is 3.16. The van der Waals surface area contributed by atoms with E-state index in [-0.39, 0.29) is 18.0 Å². The van der Waals surface area contributed by atoms with Gasteiger partial charge in [0.2, 0.25) is 0 Å². The van der Waals surface area contributed by atoms with Gasteiger partial charge in [0.05, 0.1) is 13.2 Å². The Kier molecular flexibility index (Phi) is 4.42. The number of ether oxygens (including phenoxy) is 1. The maximum Gasteiger partial charge on any atom is 0.123 e. The number of aryl methyl sites for hydroxylation is 1. The highest BCUT2D eigenvalue weighted by atomic mass is 19.1. The number of benzene rings is 1. The van der Waals surface area contributed by atoms with Crippen LogP contribution < -0.4 is 10.1 Å². The van der Waals surface area contributed by atoms with Crippen molar-refractivity contribution in [2.45, 2.75) is 44.7 Å². The summed E-state index contributed by atoms with van der Waals surface area (Å²) in [5.74, 6) is 0.452. The summed E-state index contributed by atoms with van der Waals surface area (Å²) in [6, 6.07) is 5.05. The second kappa shape index (κ2) is 5.88. The number of aliphatic hydroxyl groups is 1. The summed E-state index contributed by atoms with van der Waals surface area (Å²) < 4.78 is 18.6. The van der Waals surface area contributed by atoms with E-state index in [1.807, 2.05) is 13.8 Å². The topological polar surface area (TPSA) is 41.5 Å². The molecule has 0 aliphatic heterocycles. The van der Waals surface area contributed by atoms with Gasteiger partial charge in [0.15, 0.2) is 0 Å². The van der Waals surface area contributed by atoms with Crippen LogP contribution in [0, 0.1) is 12.7 Å². The van der Waals surface area contributed by atoms with Crippen LogP contribution in [-0.2, 0) is 0 Å². The van der Waals surface area contributed by atoms with Gasteiger partial charge in [0.25, 0.3) is 0 Å². The Labute approximate surface area is 113 Å². The van der Waals surface area contributed by atoms with Crippen LogP contribution in [0.15, 0.2) is 18.2 Å².